The maximum absolute atomic E-state index is 10.5. The van der Waals surface area contributed by atoms with Crippen molar-refractivity contribution in [2.24, 2.45) is 0 Å². The van der Waals surface area contributed by atoms with Crippen molar-refractivity contribution in [1.29, 1.82) is 0 Å². The van der Waals surface area contributed by atoms with E-state index in [1.165, 1.54) is 24.4 Å². The van der Waals surface area contributed by atoms with Crippen LogP contribution in [0.4, 0.5) is 5.69 Å². The number of pyridine rings is 1. The van der Waals surface area contributed by atoms with Gasteiger partial charge in [0.25, 0.3) is 5.69 Å². The van der Waals surface area contributed by atoms with Crippen LogP contribution in [0.2, 0.25) is 0 Å². The first-order valence-corrected chi connectivity index (χ1v) is 6.85. The largest absolute Gasteiger partial charge is 0.381 e. The maximum Gasteiger partial charge on any atom is 0.381 e. The molecule has 0 aliphatic rings. The summed E-state index contributed by atoms with van der Waals surface area (Å²) in [7, 11) is -4.59. The molecule has 0 bridgehead atoms. The van der Waals surface area contributed by atoms with Crippen molar-refractivity contribution in [1.82, 2.24) is 4.98 Å². The summed E-state index contributed by atoms with van der Waals surface area (Å²) in [5, 5.41) is 10.5. The standard InChI is InChI=1S/C12H9ClN2O6/c16-13(17,18)21-12-8-10(5-6-14-12)7-9-1-3-11(4-2-9)15(19)20/h1-6,8H,7H2. The first-order chi connectivity index (χ1) is 9.83. The fourth-order valence-corrected chi connectivity index (χ4v) is 1.95. The number of nitrogens with zero attached hydrogens (tertiary/aromatic N) is 2. The lowest BCUT2D eigenvalue weighted by atomic mass is 10.1. The second-order valence-corrected chi connectivity index (χ2v) is 4.97. The zero-order valence-electron chi connectivity index (χ0n) is 10.5. The van der Waals surface area contributed by atoms with Gasteiger partial charge in [0.15, 0.2) is 0 Å². The van der Waals surface area contributed by atoms with Crippen LogP contribution in [0.3, 0.4) is 0 Å². The fraction of sp³-hybridized carbons (Fsp3) is 0.0833. The highest BCUT2D eigenvalue weighted by Crippen LogP contribution is 2.17. The monoisotopic (exact) mass is 312 g/mol. The molecule has 0 saturated carbocycles. The molecule has 0 amide bonds. The third-order valence-electron chi connectivity index (χ3n) is 2.53. The Labute approximate surface area is 121 Å². The summed E-state index contributed by atoms with van der Waals surface area (Å²) in [4.78, 5) is 13.6. The molecule has 0 aliphatic carbocycles. The van der Waals surface area contributed by atoms with E-state index in [1.807, 2.05) is 0 Å². The number of non-ortho nitro benzene ring substituents is 1. The summed E-state index contributed by atoms with van der Waals surface area (Å²) in [6.07, 6.45) is 1.68. The molecule has 0 aliphatic heterocycles. The lowest BCUT2D eigenvalue weighted by Crippen LogP contribution is -2.63. The predicted molar refractivity (Wildman–Crippen MR) is 60.8 cm³/mol. The second-order valence-electron chi connectivity index (χ2n) is 4.06. The van der Waals surface area contributed by atoms with Crippen molar-refractivity contribution in [2.45, 2.75) is 6.42 Å². The molecule has 1 aromatic heterocycles. The van der Waals surface area contributed by atoms with E-state index in [0.717, 1.165) is 5.56 Å². The molecule has 2 aromatic rings. The normalized spacial score (nSPS) is 11.2. The Hall–Kier alpha value is -2.26. The zero-order chi connectivity index (χ0) is 15.5. The van der Waals surface area contributed by atoms with E-state index in [0.29, 0.717) is 12.0 Å². The molecule has 8 nitrogen and oxygen atoms in total. The van der Waals surface area contributed by atoms with Crippen LogP contribution in [-0.4, -0.2) is 9.91 Å². The van der Waals surface area contributed by atoms with Gasteiger partial charge in [-0.3, -0.25) is 10.1 Å². The molecule has 21 heavy (non-hydrogen) atoms. The number of nitro groups is 1. The third-order valence-corrected chi connectivity index (χ3v) is 2.88. The summed E-state index contributed by atoms with van der Waals surface area (Å²) in [6.45, 7) is 0. The Kier molecular flexibility index (Phi) is 4.34. The second kappa shape index (κ2) is 6.02. The number of hydrogen-bond donors (Lipinski definition) is 0. The van der Waals surface area contributed by atoms with Gasteiger partial charge in [0, 0.05) is 24.4 Å². The highest BCUT2D eigenvalue weighted by atomic mass is 35.7. The molecule has 9 heteroatoms. The van der Waals surface area contributed by atoms with Crippen LogP contribution >= 0.6 is 0 Å². The van der Waals surface area contributed by atoms with Gasteiger partial charge in [-0.25, -0.2) is 4.98 Å². The van der Waals surface area contributed by atoms with E-state index in [1.54, 1.807) is 18.2 Å². The number of benzene rings is 1. The van der Waals surface area contributed by atoms with Crippen molar-refractivity contribution in [3.8, 4) is 5.88 Å². The molecular formula is C12H9ClN2O6. The van der Waals surface area contributed by atoms with E-state index in [-0.39, 0.29) is 11.6 Å². The topological polar surface area (TPSA) is 134 Å². The number of halogens is 1. The van der Waals surface area contributed by atoms with Crippen LogP contribution in [0.5, 0.6) is 5.88 Å². The van der Waals surface area contributed by atoms with Gasteiger partial charge in [0.2, 0.25) is 0 Å². The van der Waals surface area contributed by atoms with Crippen LogP contribution < -0.4 is 18.3 Å². The van der Waals surface area contributed by atoms with Gasteiger partial charge in [-0.05, 0) is 27.9 Å². The Bertz CT molecular complexity index is 641. The lowest BCUT2D eigenvalue weighted by Gasteiger charge is -2.11. The molecule has 110 valence electrons. The van der Waals surface area contributed by atoms with Crippen molar-refractivity contribution >= 4 is 5.69 Å². The van der Waals surface area contributed by atoms with Crippen molar-refractivity contribution in [2.75, 3.05) is 0 Å². The number of hydrogen-bond acceptors (Lipinski definition) is 7. The van der Waals surface area contributed by atoms with Gasteiger partial charge in [-0.1, -0.05) is 12.1 Å². The molecule has 0 atom stereocenters. The highest BCUT2D eigenvalue weighted by Gasteiger charge is 2.20. The summed E-state index contributed by atoms with van der Waals surface area (Å²) in [5.41, 5.74) is 1.40. The molecule has 0 unspecified atom stereocenters. The van der Waals surface area contributed by atoms with E-state index in [2.05, 4.69) is 9.27 Å². The average molecular weight is 313 g/mol. The van der Waals surface area contributed by atoms with Crippen LogP contribution in [-0.2, 0) is 6.42 Å². The third kappa shape index (κ3) is 4.65. The molecule has 2 rings (SSSR count). The minimum absolute atomic E-state index is 0.0197. The predicted octanol–water partition coefficient (Wildman–Crippen LogP) is -1.14. The van der Waals surface area contributed by atoms with Gasteiger partial charge >= 0.3 is 5.88 Å². The minimum atomic E-state index is -4.59. The quantitative estimate of drug-likeness (QED) is 0.502. The Morgan fingerprint density at radius 1 is 1.10 bits per heavy atom. The number of rotatable bonds is 5. The molecule has 1 aromatic carbocycles. The molecule has 1 heterocycles. The van der Waals surface area contributed by atoms with Crippen LogP contribution in [0.1, 0.15) is 11.1 Å². The van der Waals surface area contributed by atoms with E-state index < -0.39 is 15.2 Å². The van der Waals surface area contributed by atoms with Crippen molar-refractivity contribution in [3.05, 3.63) is 63.8 Å². The first-order valence-electron chi connectivity index (χ1n) is 5.62. The molecular weight excluding hydrogens is 304 g/mol. The minimum Gasteiger partial charge on any atom is -0.258 e. The maximum atomic E-state index is 10.5. The van der Waals surface area contributed by atoms with Crippen LogP contribution in [0.25, 0.3) is 0 Å². The van der Waals surface area contributed by atoms with Gasteiger partial charge in [-0.2, -0.15) is 14.0 Å². The van der Waals surface area contributed by atoms with E-state index in [4.69, 9.17) is 0 Å². The zero-order valence-corrected chi connectivity index (χ0v) is 11.2. The first kappa shape index (κ1) is 15.1. The SMILES string of the molecule is O=[N+]([O-])c1ccc(Cc2ccnc(O[Cl+3]([O-])([O-])[O-])c2)cc1. The van der Waals surface area contributed by atoms with Gasteiger partial charge in [-0.15, -0.1) is 0 Å². The average Bonchev–Trinajstić information content (AvgIpc) is 2.37. The van der Waals surface area contributed by atoms with Gasteiger partial charge in [0.05, 0.1) is 4.92 Å². The number of aromatic nitrogens is 1. The van der Waals surface area contributed by atoms with Crippen molar-refractivity contribution < 1.29 is 33.4 Å². The van der Waals surface area contributed by atoms with E-state index >= 15 is 0 Å². The van der Waals surface area contributed by atoms with Crippen molar-refractivity contribution in [3.63, 3.8) is 0 Å². The Morgan fingerprint density at radius 3 is 2.33 bits per heavy atom. The molecule has 0 spiro atoms. The summed E-state index contributed by atoms with van der Waals surface area (Å²) < 4.78 is 35.5. The highest BCUT2D eigenvalue weighted by molar-refractivity contribution is 5.35. The van der Waals surface area contributed by atoms with E-state index in [9.17, 15) is 24.1 Å². The molecule has 0 saturated heterocycles. The molecule has 0 radical (unpaired) electrons. The molecule has 0 N–H and O–H groups in total. The fourth-order valence-electron chi connectivity index (χ4n) is 1.67. The van der Waals surface area contributed by atoms with Crippen LogP contribution in [0.15, 0.2) is 42.6 Å². The Morgan fingerprint density at radius 2 is 1.76 bits per heavy atom. The summed E-state index contributed by atoms with van der Waals surface area (Å²) >= 11 is 0. The lowest BCUT2D eigenvalue weighted by molar-refractivity contribution is -1.91. The summed E-state index contributed by atoms with van der Waals surface area (Å²) in [5.74, 6) is -0.328. The van der Waals surface area contributed by atoms with Crippen LogP contribution in [0, 0.1) is 20.4 Å². The van der Waals surface area contributed by atoms with Gasteiger partial charge < -0.3 is 0 Å². The molecule has 0 fully saturated rings. The Balaban J connectivity index is 2.12. The smallest absolute Gasteiger partial charge is 0.258 e. The van der Waals surface area contributed by atoms with Gasteiger partial charge in [0.1, 0.15) is 10.2 Å². The summed E-state index contributed by atoms with van der Waals surface area (Å²) in [6, 6.07) is 8.83. The number of nitro benzene ring substituents is 1.